The summed E-state index contributed by atoms with van der Waals surface area (Å²) in [5.74, 6) is -0.118. The number of hydroxylamine groups is 1. The molecule has 1 aromatic heterocycles. The molecule has 0 spiro atoms. The van der Waals surface area contributed by atoms with Crippen molar-refractivity contribution in [1.29, 1.82) is 0 Å². The van der Waals surface area contributed by atoms with Crippen molar-refractivity contribution in [3.63, 3.8) is 0 Å². The van der Waals surface area contributed by atoms with Gasteiger partial charge in [0.05, 0.1) is 11.3 Å². The van der Waals surface area contributed by atoms with Crippen LogP contribution in [0.2, 0.25) is 0 Å². The molecule has 22 heavy (non-hydrogen) atoms. The van der Waals surface area contributed by atoms with Gasteiger partial charge < -0.3 is 0 Å². The van der Waals surface area contributed by atoms with Crippen LogP contribution in [0, 0.1) is 0 Å². The number of benzene rings is 2. The van der Waals surface area contributed by atoms with Gasteiger partial charge in [0.15, 0.2) is 5.82 Å². The third kappa shape index (κ3) is 2.70. The standard InChI is InChI=1S/C17H13N3O2/c21-17(20-22)14-11-18-16(13-9-5-2-6-10-13)19-15(14)12-7-3-1-4-8-12/h1-11,22H,(H,20,21). The molecule has 1 heterocycles. The van der Waals surface area contributed by atoms with Crippen LogP contribution in [0.15, 0.2) is 66.9 Å². The van der Waals surface area contributed by atoms with Crippen molar-refractivity contribution in [2.75, 3.05) is 0 Å². The van der Waals surface area contributed by atoms with Crippen molar-refractivity contribution in [3.8, 4) is 22.6 Å². The van der Waals surface area contributed by atoms with Crippen molar-refractivity contribution in [3.05, 3.63) is 72.4 Å². The van der Waals surface area contributed by atoms with E-state index in [9.17, 15) is 4.79 Å². The van der Waals surface area contributed by atoms with E-state index in [1.807, 2.05) is 60.7 Å². The van der Waals surface area contributed by atoms with E-state index in [2.05, 4.69) is 9.97 Å². The van der Waals surface area contributed by atoms with Gasteiger partial charge in [-0.1, -0.05) is 60.7 Å². The number of hydrogen-bond acceptors (Lipinski definition) is 4. The fourth-order valence-corrected chi connectivity index (χ4v) is 2.15. The molecular formula is C17H13N3O2. The Morgan fingerprint density at radius 3 is 2.09 bits per heavy atom. The van der Waals surface area contributed by atoms with Gasteiger partial charge in [-0.3, -0.25) is 10.0 Å². The van der Waals surface area contributed by atoms with Crippen LogP contribution in [0.25, 0.3) is 22.6 Å². The maximum absolute atomic E-state index is 11.8. The lowest BCUT2D eigenvalue weighted by Crippen LogP contribution is -2.20. The largest absolute Gasteiger partial charge is 0.288 e. The third-order valence-electron chi connectivity index (χ3n) is 3.21. The predicted octanol–water partition coefficient (Wildman–Crippen LogP) is 2.93. The topological polar surface area (TPSA) is 75.1 Å². The number of aromatic nitrogens is 2. The Bertz CT molecular complexity index is 790. The molecule has 3 aromatic rings. The lowest BCUT2D eigenvalue weighted by atomic mass is 10.1. The molecule has 2 N–H and O–H groups in total. The number of amides is 1. The fourth-order valence-electron chi connectivity index (χ4n) is 2.15. The van der Waals surface area contributed by atoms with E-state index in [-0.39, 0.29) is 5.56 Å². The Hall–Kier alpha value is -3.05. The summed E-state index contributed by atoms with van der Waals surface area (Å²) in [5, 5.41) is 8.89. The Morgan fingerprint density at radius 1 is 0.909 bits per heavy atom. The van der Waals surface area contributed by atoms with Crippen LogP contribution in [-0.2, 0) is 0 Å². The van der Waals surface area contributed by atoms with Gasteiger partial charge in [-0.2, -0.15) is 0 Å². The average Bonchev–Trinajstić information content (AvgIpc) is 2.62. The number of rotatable bonds is 3. The van der Waals surface area contributed by atoms with Crippen LogP contribution < -0.4 is 5.48 Å². The SMILES string of the molecule is O=C(NO)c1cnc(-c2ccccc2)nc1-c1ccccc1. The van der Waals surface area contributed by atoms with E-state index < -0.39 is 5.91 Å². The quantitative estimate of drug-likeness (QED) is 0.574. The minimum absolute atomic E-state index is 0.216. The summed E-state index contributed by atoms with van der Waals surface area (Å²) < 4.78 is 0. The fraction of sp³-hybridized carbons (Fsp3) is 0. The first-order chi connectivity index (χ1) is 10.8. The highest BCUT2D eigenvalue weighted by molar-refractivity contribution is 5.99. The third-order valence-corrected chi connectivity index (χ3v) is 3.21. The van der Waals surface area contributed by atoms with Crippen LogP contribution in [0.4, 0.5) is 0 Å². The number of hydrogen-bond donors (Lipinski definition) is 2. The van der Waals surface area contributed by atoms with Crippen molar-refractivity contribution in [2.45, 2.75) is 0 Å². The van der Waals surface area contributed by atoms with E-state index in [4.69, 9.17) is 5.21 Å². The Kier molecular flexibility index (Phi) is 3.89. The molecule has 0 saturated carbocycles. The van der Waals surface area contributed by atoms with Crippen molar-refractivity contribution >= 4 is 5.91 Å². The van der Waals surface area contributed by atoms with Gasteiger partial charge in [0.1, 0.15) is 0 Å². The molecule has 0 atom stereocenters. The Morgan fingerprint density at radius 2 is 1.50 bits per heavy atom. The maximum Gasteiger partial charge on any atom is 0.278 e. The monoisotopic (exact) mass is 291 g/mol. The normalized spacial score (nSPS) is 10.2. The van der Waals surface area contributed by atoms with Gasteiger partial charge in [-0.05, 0) is 0 Å². The highest BCUT2D eigenvalue weighted by atomic mass is 16.5. The molecule has 2 aromatic carbocycles. The van der Waals surface area contributed by atoms with Gasteiger partial charge in [0, 0.05) is 17.3 Å². The zero-order valence-corrected chi connectivity index (χ0v) is 11.6. The molecule has 108 valence electrons. The van der Waals surface area contributed by atoms with Crippen LogP contribution in [-0.4, -0.2) is 21.1 Å². The van der Waals surface area contributed by atoms with Crippen LogP contribution >= 0.6 is 0 Å². The molecular weight excluding hydrogens is 278 g/mol. The number of carbonyl (C=O) groups excluding carboxylic acids is 1. The number of carbonyl (C=O) groups is 1. The zero-order chi connectivity index (χ0) is 15.4. The van der Waals surface area contributed by atoms with Gasteiger partial charge in [-0.25, -0.2) is 15.4 Å². The molecule has 0 radical (unpaired) electrons. The molecule has 0 fully saturated rings. The van der Waals surface area contributed by atoms with Crippen molar-refractivity contribution in [2.24, 2.45) is 0 Å². The molecule has 5 heteroatoms. The van der Waals surface area contributed by atoms with Crippen molar-refractivity contribution < 1.29 is 10.0 Å². The van der Waals surface area contributed by atoms with E-state index in [1.165, 1.54) is 6.20 Å². The minimum Gasteiger partial charge on any atom is -0.288 e. The van der Waals surface area contributed by atoms with E-state index >= 15 is 0 Å². The first-order valence-electron chi connectivity index (χ1n) is 6.72. The lowest BCUT2D eigenvalue weighted by molar-refractivity contribution is 0.0706. The predicted molar refractivity (Wildman–Crippen MR) is 82.2 cm³/mol. The van der Waals surface area contributed by atoms with Gasteiger partial charge in [0.25, 0.3) is 5.91 Å². The van der Waals surface area contributed by atoms with E-state index in [1.54, 1.807) is 5.48 Å². The molecule has 5 nitrogen and oxygen atoms in total. The Balaban J connectivity index is 2.17. The molecule has 0 bridgehead atoms. The first kappa shape index (κ1) is 13.9. The summed E-state index contributed by atoms with van der Waals surface area (Å²) in [6, 6.07) is 18.8. The summed E-state index contributed by atoms with van der Waals surface area (Å²) in [4.78, 5) is 20.5. The average molecular weight is 291 g/mol. The molecule has 0 aliphatic rings. The smallest absolute Gasteiger partial charge is 0.278 e. The van der Waals surface area contributed by atoms with E-state index in [0.29, 0.717) is 11.5 Å². The van der Waals surface area contributed by atoms with Gasteiger partial charge in [-0.15, -0.1) is 0 Å². The number of nitrogens with one attached hydrogen (secondary N) is 1. The summed E-state index contributed by atoms with van der Waals surface area (Å²) >= 11 is 0. The summed E-state index contributed by atoms with van der Waals surface area (Å²) in [6.45, 7) is 0. The first-order valence-corrected chi connectivity index (χ1v) is 6.72. The summed E-state index contributed by atoms with van der Waals surface area (Å²) in [7, 11) is 0. The second kappa shape index (κ2) is 6.15. The van der Waals surface area contributed by atoms with Gasteiger partial charge in [0.2, 0.25) is 0 Å². The second-order valence-corrected chi connectivity index (χ2v) is 4.63. The summed E-state index contributed by atoms with van der Waals surface area (Å²) in [5.41, 5.74) is 3.96. The molecule has 0 unspecified atom stereocenters. The highest BCUT2D eigenvalue weighted by Gasteiger charge is 2.16. The Labute approximate surface area is 127 Å². The van der Waals surface area contributed by atoms with Crippen LogP contribution in [0.3, 0.4) is 0 Å². The molecule has 0 aliphatic carbocycles. The van der Waals surface area contributed by atoms with Gasteiger partial charge >= 0.3 is 0 Å². The molecule has 1 amide bonds. The molecule has 3 rings (SSSR count). The molecule has 0 aliphatic heterocycles. The minimum atomic E-state index is -0.640. The second-order valence-electron chi connectivity index (χ2n) is 4.63. The zero-order valence-electron chi connectivity index (χ0n) is 11.6. The van der Waals surface area contributed by atoms with Crippen LogP contribution in [0.5, 0.6) is 0 Å². The lowest BCUT2D eigenvalue weighted by Gasteiger charge is -2.09. The summed E-state index contributed by atoms with van der Waals surface area (Å²) in [6.07, 6.45) is 1.42. The highest BCUT2D eigenvalue weighted by Crippen LogP contribution is 2.24. The van der Waals surface area contributed by atoms with Crippen molar-refractivity contribution in [1.82, 2.24) is 15.4 Å². The maximum atomic E-state index is 11.8. The number of nitrogens with zero attached hydrogens (tertiary/aromatic N) is 2. The van der Waals surface area contributed by atoms with Crippen LogP contribution in [0.1, 0.15) is 10.4 Å². The van der Waals surface area contributed by atoms with E-state index in [0.717, 1.165) is 11.1 Å². The molecule has 0 saturated heterocycles.